The monoisotopic (exact) mass is 414 g/mol. The first-order valence-electron chi connectivity index (χ1n) is 6.91. The van der Waals surface area contributed by atoms with Crippen molar-refractivity contribution in [2.45, 2.75) is 6.23 Å². The minimum absolute atomic E-state index is 0.0866. The molecular formula is C15H16BrFN4O2S. The van der Waals surface area contributed by atoms with Crippen LogP contribution in [-0.2, 0) is 4.79 Å². The maximum atomic E-state index is 13.3. The lowest BCUT2D eigenvalue weighted by molar-refractivity contribution is -0.117. The van der Waals surface area contributed by atoms with Gasteiger partial charge in [-0.15, -0.1) is 11.3 Å². The molecule has 0 fully saturated rings. The average Bonchev–Trinajstić information content (AvgIpc) is 3.02. The number of carbonyl (C=O) groups is 1. The van der Waals surface area contributed by atoms with Gasteiger partial charge in [-0.25, -0.2) is 9.37 Å². The number of nitrogens with zero attached hydrogens (tertiary/aromatic N) is 1. The van der Waals surface area contributed by atoms with Gasteiger partial charge in [-0.05, 0) is 34.1 Å². The molecule has 2 aromatic rings. The topological polar surface area (TPSA) is 86.3 Å². The molecule has 4 N–H and O–H groups in total. The van der Waals surface area contributed by atoms with Crippen molar-refractivity contribution in [3.05, 3.63) is 46.1 Å². The van der Waals surface area contributed by atoms with Gasteiger partial charge in [0.1, 0.15) is 12.0 Å². The fraction of sp³-hybridized carbons (Fsp3) is 0.200. The number of nitrogens with one attached hydrogen (secondary N) is 3. The summed E-state index contributed by atoms with van der Waals surface area (Å²) < 4.78 is 13.6. The summed E-state index contributed by atoms with van der Waals surface area (Å²) in [7, 11) is 1.49. The van der Waals surface area contributed by atoms with Crippen molar-refractivity contribution in [1.29, 1.82) is 0 Å². The van der Waals surface area contributed by atoms with Crippen molar-refractivity contribution in [3.8, 4) is 11.3 Å². The quantitative estimate of drug-likeness (QED) is 0.412. The Morgan fingerprint density at radius 2 is 2.29 bits per heavy atom. The molecule has 0 saturated carbocycles. The molecular weight excluding hydrogens is 399 g/mol. The Hall–Kier alpha value is -1.97. The minimum atomic E-state index is -0.953. The van der Waals surface area contributed by atoms with Gasteiger partial charge < -0.3 is 21.1 Å². The van der Waals surface area contributed by atoms with Crippen LogP contribution < -0.4 is 16.0 Å². The number of halogens is 2. The fourth-order valence-corrected chi connectivity index (χ4v) is 2.92. The fourth-order valence-electron chi connectivity index (χ4n) is 1.77. The van der Waals surface area contributed by atoms with Crippen LogP contribution in [0.25, 0.3) is 11.3 Å². The number of likely N-dealkylation sites (N-methyl/N-ethyl adjacent to an activating group) is 1. The molecule has 0 radical (unpaired) electrons. The van der Waals surface area contributed by atoms with Crippen LogP contribution >= 0.6 is 27.3 Å². The van der Waals surface area contributed by atoms with Gasteiger partial charge >= 0.3 is 0 Å². The first kappa shape index (κ1) is 18.4. The molecule has 1 aromatic carbocycles. The zero-order valence-corrected chi connectivity index (χ0v) is 15.2. The second-order valence-corrected chi connectivity index (χ2v) is 6.48. The third-order valence-electron chi connectivity index (χ3n) is 3.02. The molecule has 0 saturated heterocycles. The molecule has 0 aliphatic rings. The molecule has 1 unspecified atom stereocenters. The highest BCUT2D eigenvalue weighted by Gasteiger charge is 2.11. The number of anilines is 1. The van der Waals surface area contributed by atoms with Gasteiger partial charge in [-0.2, -0.15) is 0 Å². The van der Waals surface area contributed by atoms with E-state index in [0.29, 0.717) is 15.3 Å². The third kappa shape index (κ3) is 4.76. The van der Waals surface area contributed by atoms with E-state index in [4.69, 9.17) is 0 Å². The molecule has 0 aliphatic carbocycles. The summed E-state index contributed by atoms with van der Waals surface area (Å²) in [6.45, 7) is 3.64. The number of hydrogen-bond acceptors (Lipinski definition) is 6. The largest absolute Gasteiger partial charge is 0.377 e. The first-order valence-corrected chi connectivity index (χ1v) is 8.58. The molecule has 6 nitrogen and oxygen atoms in total. The zero-order valence-electron chi connectivity index (χ0n) is 12.8. The van der Waals surface area contributed by atoms with E-state index in [2.05, 4.69) is 43.4 Å². The van der Waals surface area contributed by atoms with E-state index in [0.717, 1.165) is 5.56 Å². The SMILES string of the molecule is C=C(NCC(O)Nc1nc(-c2ccc(F)c(Br)c2)cs1)C(=O)NC. The molecule has 0 spiro atoms. The summed E-state index contributed by atoms with van der Waals surface area (Å²) >= 11 is 4.44. The minimum Gasteiger partial charge on any atom is -0.377 e. The van der Waals surface area contributed by atoms with E-state index in [9.17, 15) is 14.3 Å². The summed E-state index contributed by atoms with van der Waals surface area (Å²) in [6.07, 6.45) is -0.953. The number of aliphatic hydroxyl groups excluding tert-OH is 1. The lowest BCUT2D eigenvalue weighted by atomic mass is 10.2. The average molecular weight is 415 g/mol. The number of aromatic nitrogens is 1. The Morgan fingerprint density at radius 3 is 2.96 bits per heavy atom. The molecule has 9 heteroatoms. The molecule has 0 aliphatic heterocycles. The lowest BCUT2D eigenvalue weighted by Gasteiger charge is -2.14. The van der Waals surface area contributed by atoms with Crippen LogP contribution in [-0.4, -0.2) is 35.8 Å². The third-order valence-corrected chi connectivity index (χ3v) is 4.40. The number of hydrogen-bond donors (Lipinski definition) is 4. The Kier molecular flexibility index (Phi) is 6.29. The lowest BCUT2D eigenvalue weighted by Crippen LogP contribution is -2.36. The second-order valence-electron chi connectivity index (χ2n) is 4.77. The van der Waals surface area contributed by atoms with E-state index in [1.165, 1.54) is 24.5 Å². The normalized spacial score (nSPS) is 11.7. The van der Waals surface area contributed by atoms with Crippen molar-refractivity contribution in [1.82, 2.24) is 15.6 Å². The summed E-state index contributed by atoms with van der Waals surface area (Å²) in [5, 5.41) is 20.2. The van der Waals surface area contributed by atoms with Crippen molar-refractivity contribution < 1.29 is 14.3 Å². The second kappa shape index (κ2) is 8.22. The maximum absolute atomic E-state index is 13.3. The standard InChI is InChI=1S/C15H16BrFN4O2S/c1-8(14(23)18-2)19-6-13(22)21-15-20-12(7-24-15)9-3-4-11(17)10(16)5-9/h3-5,7,13,19,22H,1,6H2,2H3,(H,18,23)(H,20,21). The molecule has 1 aromatic heterocycles. The van der Waals surface area contributed by atoms with Crippen molar-refractivity contribution in [2.75, 3.05) is 18.9 Å². The van der Waals surface area contributed by atoms with Gasteiger partial charge in [0, 0.05) is 18.0 Å². The first-order chi connectivity index (χ1) is 11.4. The number of thiazole rings is 1. The van der Waals surface area contributed by atoms with E-state index in [1.807, 2.05) is 0 Å². The molecule has 2 rings (SSSR count). The molecule has 128 valence electrons. The predicted molar refractivity (Wildman–Crippen MR) is 96.0 cm³/mol. The Balaban J connectivity index is 1.94. The van der Waals surface area contributed by atoms with Crippen LogP contribution in [0.4, 0.5) is 9.52 Å². The highest BCUT2D eigenvalue weighted by molar-refractivity contribution is 9.10. The number of benzene rings is 1. The summed E-state index contributed by atoms with van der Waals surface area (Å²) in [4.78, 5) is 15.6. The van der Waals surface area contributed by atoms with Crippen LogP contribution in [0, 0.1) is 5.82 Å². The summed E-state index contributed by atoms with van der Waals surface area (Å²) in [6, 6.07) is 4.62. The summed E-state index contributed by atoms with van der Waals surface area (Å²) in [5.41, 5.74) is 1.58. The summed E-state index contributed by atoms with van der Waals surface area (Å²) in [5.74, 6) is -0.689. The van der Waals surface area contributed by atoms with Crippen molar-refractivity contribution in [2.24, 2.45) is 0 Å². The van der Waals surface area contributed by atoms with Crippen molar-refractivity contribution in [3.63, 3.8) is 0 Å². The van der Waals surface area contributed by atoms with Crippen LogP contribution in [0.15, 0.2) is 40.3 Å². The molecule has 1 amide bonds. The molecule has 1 atom stereocenters. The van der Waals surface area contributed by atoms with Gasteiger partial charge in [-0.1, -0.05) is 6.58 Å². The number of carbonyl (C=O) groups excluding carboxylic acids is 1. The van der Waals surface area contributed by atoms with Crippen LogP contribution in [0.3, 0.4) is 0 Å². The van der Waals surface area contributed by atoms with Gasteiger partial charge in [0.05, 0.1) is 22.4 Å². The van der Waals surface area contributed by atoms with Crippen LogP contribution in [0.5, 0.6) is 0 Å². The Morgan fingerprint density at radius 1 is 1.54 bits per heavy atom. The van der Waals surface area contributed by atoms with Gasteiger partial charge in [-0.3, -0.25) is 4.79 Å². The highest BCUT2D eigenvalue weighted by atomic mass is 79.9. The van der Waals surface area contributed by atoms with Crippen LogP contribution in [0.1, 0.15) is 0 Å². The molecule has 24 heavy (non-hydrogen) atoms. The maximum Gasteiger partial charge on any atom is 0.266 e. The van der Waals surface area contributed by atoms with Crippen LogP contribution in [0.2, 0.25) is 0 Å². The zero-order chi connectivity index (χ0) is 17.7. The van der Waals surface area contributed by atoms with E-state index in [-0.39, 0.29) is 24.0 Å². The van der Waals surface area contributed by atoms with Gasteiger partial charge in [0.2, 0.25) is 0 Å². The number of amides is 1. The van der Waals surface area contributed by atoms with E-state index >= 15 is 0 Å². The highest BCUT2D eigenvalue weighted by Crippen LogP contribution is 2.28. The molecule has 1 heterocycles. The molecule has 0 bridgehead atoms. The number of rotatable bonds is 7. The predicted octanol–water partition coefficient (Wildman–Crippen LogP) is 2.29. The van der Waals surface area contributed by atoms with Gasteiger partial charge in [0.15, 0.2) is 5.13 Å². The smallest absolute Gasteiger partial charge is 0.266 e. The number of aliphatic hydroxyl groups is 1. The Bertz CT molecular complexity index is 753. The van der Waals surface area contributed by atoms with E-state index in [1.54, 1.807) is 17.5 Å². The Labute approximate surface area is 150 Å². The van der Waals surface area contributed by atoms with Gasteiger partial charge in [0.25, 0.3) is 5.91 Å². The van der Waals surface area contributed by atoms with E-state index < -0.39 is 6.23 Å². The van der Waals surface area contributed by atoms with Crippen molar-refractivity contribution >= 4 is 38.3 Å².